The van der Waals surface area contributed by atoms with Crippen LogP contribution in [0.4, 0.5) is 28.7 Å². The Kier molecular flexibility index (Phi) is 7.03. The average molecular weight is 454 g/mol. The summed E-state index contributed by atoms with van der Waals surface area (Å²) < 4.78 is 5.52. The Balaban J connectivity index is 1.33. The van der Waals surface area contributed by atoms with Gasteiger partial charge in [-0.1, -0.05) is 35.4 Å². The lowest BCUT2D eigenvalue weighted by Crippen LogP contribution is -2.20. The number of anilines is 5. The van der Waals surface area contributed by atoms with Gasteiger partial charge in [-0.3, -0.25) is 4.79 Å². The van der Waals surface area contributed by atoms with Gasteiger partial charge in [0.25, 0.3) is 5.91 Å². The highest BCUT2D eigenvalue weighted by molar-refractivity contribution is 5.92. The van der Waals surface area contributed by atoms with E-state index in [0.29, 0.717) is 28.9 Å². The maximum Gasteiger partial charge on any atom is 0.262 e. The molecule has 0 aliphatic carbocycles. The highest BCUT2D eigenvalue weighted by Gasteiger charge is 2.06. The maximum atomic E-state index is 12.2. The number of hydrogen-bond acceptors (Lipinski definition) is 6. The first kappa shape index (κ1) is 22.8. The van der Waals surface area contributed by atoms with Crippen molar-refractivity contribution in [3.05, 3.63) is 95.8 Å². The fraction of sp³-hybridized carbons (Fsp3) is 0.148. The fourth-order valence-corrected chi connectivity index (χ4v) is 3.25. The van der Waals surface area contributed by atoms with Crippen molar-refractivity contribution in [2.75, 3.05) is 22.6 Å². The third-order valence-corrected chi connectivity index (χ3v) is 4.99. The van der Waals surface area contributed by atoms with E-state index in [1.165, 1.54) is 5.56 Å². The van der Waals surface area contributed by atoms with Crippen molar-refractivity contribution < 1.29 is 9.53 Å². The molecule has 172 valence electrons. The monoisotopic (exact) mass is 453 g/mol. The summed E-state index contributed by atoms with van der Waals surface area (Å²) in [6, 6.07) is 25.0. The minimum absolute atomic E-state index is 0.0555. The number of amides is 1. The van der Waals surface area contributed by atoms with Crippen LogP contribution in [-0.2, 0) is 4.79 Å². The first-order chi connectivity index (χ1) is 16.4. The van der Waals surface area contributed by atoms with Crippen LogP contribution in [0.1, 0.15) is 17.0 Å². The Morgan fingerprint density at radius 1 is 0.706 bits per heavy atom. The number of aryl methyl sites for hydroxylation is 3. The van der Waals surface area contributed by atoms with Crippen LogP contribution in [0.2, 0.25) is 0 Å². The normalized spacial score (nSPS) is 10.4. The van der Waals surface area contributed by atoms with Gasteiger partial charge >= 0.3 is 0 Å². The predicted molar refractivity (Wildman–Crippen MR) is 136 cm³/mol. The van der Waals surface area contributed by atoms with E-state index >= 15 is 0 Å². The van der Waals surface area contributed by atoms with Crippen LogP contribution < -0.4 is 20.7 Å². The third kappa shape index (κ3) is 6.56. The number of carbonyl (C=O) groups is 1. The smallest absolute Gasteiger partial charge is 0.262 e. The number of rotatable bonds is 8. The second-order valence-corrected chi connectivity index (χ2v) is 8.03. The molecule has 0 saturated carbocycles. The van der Waals surface area contributed by atoms with Crippen molar-refractivity contribution in [3.63, 3.8) is 0 Å². The third-order valence-electron chi connectivity index (χ3n) is 4.99. The van der Waals surface area contributed by atoms with E-state index in [0.717, 1.165) is 16.9 Å². The van der Waals surface area contributed by atoms with Crippen molar-refractivity contribution in [1.29, 1.82) is 0 Å². The lowest BCUT2D eigenvalue weighted by molar-refractivity contribution is -0.118. The second-order valence-electron chi connectivity index (χ2n) is 8.03. The summed E-state index contributed by atoms with van der Waals surface area (Å²) >= 11 is 0. The van der Waals surface area contributed by atoms with E-state index < -0.39 is 0 Å². The second kappa shape index (κ2) is 10.5. The van der Waals surface area contributed by atoms with Gasteiger partial charge < -0.3 is 20.7 Å². The number of hydrogen-bond donors (Lipinski definition) is 3. The number of ether oxygens (including phenoxy) is 1. The molecule has 0 spiro atoms. The highest BCUT2D eigenvalue weighted by Crippen LogP contribution is 2.22. The molecule has 0 bridgehead atoms. The predicted octanol–water partition coefficient (Wildman–Crippen LogP) is 5.91. The Hall–Kier alpha value is -4.39. The van der Waals surface area contributed by atoms with Gasteiger partial charge in [0.15, 0.2) is 6.61 Å². The molecule has 34 heavy (non-hydrogen) atoms. The molecule has 0 aliphatic heterocycles. The molecule has 3 N–H and O–H groups in total. The van der Waals surface area contributed by atoms with Crippen LogP contribution in [0.5, 0.6) is 5.75 Å². The minimum atomic E-state index is -0.223. The molecule has 1 aromatic heterocycles. The van der Waals surface area contributed by atoms with Gasteiger partial charge in [-0.2, -0.15) is 0 Å². The standard InChI is InChI=1S/C27H27N5O2/c1-18-4-8-21(9-5-18)30-25-16-26(29-20(3)28-25)31-22-10-12-23(13-11-22)32-27(33)17-34-24-14-6-19(2)7-15-24/h4-16H,17H2,1-3H3,(H,32,33)(H2,28,29,30,31). The van der Waals surface area contributed by atoms with E-state index in [2.05, 4.69) is 32.8 Å². The number of benzene rings is 3. The average Bonchev–Trinajstić information content (AvgIpc) is 2.81. The van der Waals surface area contributed by atoms with Crippen molar-refractivity contribution in [1.82, 2.24) is 9.97 Å². The molecule has 0 unspecified atom stereocenters. The Bertz CT molecular complexity index is 1250. The summed E-state index contributed by atoms with van der Waals surface area (Å²) in [5.41, 5.74) is 4.82. The minimum Gasteiger partial charge on any atom is -0.484 e. The van der Waals surface area contributed by atoms with Gasteiger partial charge in [0.1, 0.15) is 23.2 Å². The van der Waals surface area contributed by atoms with Crippen LogP contribution in [0.3, 0.4) is 0 Å². The SMILES string of the molecule is Cc1ccc(Nc2cc(Nc3ccc(NC(=O)COc4ccc(C)cc4)cc3)nc(C)n2)cc1. The number of nitrogens with zero attached hydrogens (tertiary/aromatic N) is 2. The van der Waals surface area contributed by atoms with E-state index in [4.69, 9.17) is 4.74 Å². The van der Waals surface area contributed by atoms with Crippen molar-refractivity contribution in [2.45, 2.75) is 20.8 Å². The van der Waals surface area contributed by atoms with Crippen LogP contribution in [0.15, 0.2) is 78.9 Å². The van der Waals surface area contributed by atoms with Gasteiger partial charge in [-0.25, -0.2) is 9.97 Å². The van der Waals surface area contributed by atoms with Gasteiger partial charge in [0.05, 0.1) is 0 Å². The summed E-state index contributed by atoms with van der Waals surface area (Å²) in [7, 11) is 0. The zero-order valence-corrected chi connectivity index (χ0v) is 19.4. The topological polar surface area (TPSA) is 88.2 Å². The largest absolute Gasteiger partial charge is 0.484 e. The molecular weight excluding hydrogens is 426 g/mol. The van der Waals surface area contributed by atoms with Gasteiger partial charge in [0.2, 0.25) is 0 Å². The lowest BCUT2D eigenvalue weighted by atomic mass is 10.2. The molecule has 4 rings (SSSR count). The Labute approximate surface area is 199 Å². The molecule has 0 saturated heterocycles. The Morgan fingerprint density at radius 2 is 1.18 bits per heavy atom. The molecule has 0 aliphatic rings. The van der Waals surface area contributed by atoms with Gasteiger partial charge in [-0.05, 0) is 69.3 Å². The summed E-state index contributed by atoms with van der Waals surface area (Å²) in [4.78, 5) is 21.1. The molecule has 1 amide bonds. The van der Waals surface area contributed by atoms with Crippen molar-refractivity contribution >= 4 is 34.6 Å². The Morgan fingerprint density at radius 3 is 1.74 bits per heavy atom. The van der Waals surface area contributed by atoms with Crippen molar-refractivity contribution in [2.24, 2.45) is 0 Å². The summed E-state index contributed by atoms with van der Waals surface area (Å²) in [5.74, 6) is 2.47. The summed E-state index contributed by atoms with van der Waals surface area (Å²) in [6.45, 7) is 5.85. The highest BCUT2D eigenvalue weighted by atomic mass is 16.5. The van der Waals surface area contributed by atoms with Crippen LogP contribution in [0, 0.1) is 20.8 Å². The first-order valence-electron chi connectivity index (χ1n) is 11.0. The van der Waals surface area contributed by atoms with Crippen LogP contribution >= 0.6 is 0 Å². The molecule has 7 heteroatoms. The van der Waals surface area contributed by atoms with Crippen LogP contribution in [0.25, 0.3) is 0 Å². The molecule has 7 nitrogen and oxygen atoms in total. The molecule has 0 radical (unpaired) electrons. The number of carbonyl (C=O) groups excluding carboxylic acids is 1. The maximum absolute atomic E-state index is 12.2. The first-order valence-corrected chi connectivity index (χ1v) is 11.0. The van der Waals surface area contributed by atoms with E-state index in [-0.39, 0.29) is 12.5 Å². The zero-order chi connectivity index (χ0) is 23.9. The van der Waals surface area contributed by atoms with Gasteiger partial charge in [-0.15, -0.1) is 0 Å². The zero-order valence-electron chi connectivity index (χ0n) is 19.4. The van der Waals surface area contributed by atoms with E-state index in [9.17, 15) is 4.79 Å². The molecule has 4 aromatic rings. The quantitative estimate of drug-likeness (QED) is 0.308. The van der Waals surface area contributed by atoms with E-state index in [1.54, 1.807) is 0 Å². The number of nitrogens with one attached hydrogen (secondary N) is 3. The molecule has 0 atom stereocenters. The molecule has 0 fully saturated rings. The van der Waals surface area contributed by atoms with Crippen LogP contribution in [-0.4, -0.2) is 22.5 Å². The van der Waals surface area contributed by atoms with Crippen molar-refractivity contribution in [3.8, 4) is 5.75 Å². The van der Waals surface area contributed by atoms with Gasteiger partial charge in [0, 0.05) is 23.1 Å². The number of aromatic nitrogens is 2. The molecular formula is C27H27N5O2. The van der Waals surface area contributed by atoms with E-state index in [1.807, 2.05) is 92.7 Å². The lowest BCUT2D eigenvalue weighted by Gasteiger charge is -2.11. The molecule has 3 aromatic carbocycles. The fourth-order valence-electron chi connectivity index (χ4n) is 3.25. The summed E-state index contributed by atoms with van der Waals surface area (Å²) in [6.07, 6.45) is 0. The summed E-state index contributed by atoms with van der Waals surface area (Å²) in [5, 5.41) is 9.42. The molecule has 1 heterocycles.